The van der Waals surface area contributed by atoms with E-state index >= 15 is 0 Å². The molecule has 0 radical (unpaired) electrons. The number of halogens is 1. The van der Waals surface area contributed by atoms with Crippen molar-refractivity contribution in [3.8, 4) is 0 Å². The van der Waals surface area contributed by atoms with Gasteiger partial charge in [-0.2, -0.15) is 0 Å². The molecular formula is C29H32FN3O. The Morgan fingerprint density at radius 1 is 0.971 bits per heavy atom. The minimum absolute atomic E-state index is 0.162. The van der Waals surface area contributed by atoms with Gasteiger partial charge in [-0.15, -0.1) is 0 Å². The van der Waals surface area contributed by atoms with Gasteiger partial charge < -0.3 is 9.47 Å². The minimum Gasteiger partial charge on any atom is -0.331 e. The maximum absolute atomic E-state index is 14.2. The molecule has 0 spiro atoms. The van der Waals surface area contributed by atoms with E-state index in [1.165, 1.54) is 17.2 Å². The van der Waals surface area contributed by atoms with Gasteiger partial charge in [-0.05, 0) is 61.2 Å². The van der Waals surface area contributed by atoms with Crippen molar-refractivity contribution in [3.63, 3.8) is 0 Å². The monoisotopic (exact) mass is 457 g/mol. The van der Waals surface area contributed by atoms with Crippen molar-refractivity contribution in [2.75, 3.05) is 6.54 Å². The molecule has 176 valence electrons. The lowest BCUT2D eigenvalue weighted by Gasteiger charge is -2.23. The van der Waals surface area contributed by atoms with E-state index in [4.69, 9.17) is 4.98 Å². The molecule has 0 saturated carbocycles. The lowest BCUT2D eigenvalue weighted by Crippen LogP contribution is -2.33. The molecule has 0 aliphatic carbocycles. The van der Waals surface area contributed by atoms with Crippen LogP contribution in [0.15, 0.2) is 66.7 Å². The largest absolute Gasteiger partial charge is 0.331 e. The van der Waals surface area contributed by atoms with E-state index < -0.39 is 0 Å². The third kappa shape index (κ3) is 5.19. The normalized spacial score (nSPS) is 11.2. The molecule has 0 fully saturated rings. The number of nitrogens with zero attached hydrogens (tertiary/aromatic N) is 3. The highest BCUT2D eigenvalue weighted by Gasteiger charge is 2.21. The Morgan fingerprint density at radius 3 is 2.50 bits per heavy atom. The molecule has 0 unspecified atom stereocenters. The number of para-hydroxylation sites is 2. The number of aryl methyl sites for hydroxylation is 2. The number of carbonyl (C=O) groups is 1. The predicted molar refractivity (Wildman–Crippen MR) is 135 cm³/mol. The summed E-state index contributed by atoms with van der Waals surface area (Å²) in [5.41, 5.74) is 5.31. The Balaban J connectivity index is 1.70. The van der Waals surface area contributed by atoms with Crippen molar-refractivity contribution >= 4 is 16.9 Å². The molecule has 4 rings (SSSR count). The van der Waals surface area contributed by atoms with Crippen molar-refractivity contribution < 1.29 is 9.18 Å². The molecule has 0 bridgehead atoms. The standard InChI is InChI=1S/C29H32FN3O/c1-4-5-10-17-32(29(34)23-16-15-22(3)25(30)18-23)20-28-31-26-13-8-9-14-27(26)33(28)19-24-12-7-6-11-21(24)2/h6-9,11-16,18H,4-5,10,17,19-20H2,1-3H3. The van der Waals surface area contributed by atoms with Crippen LogP contribution in [0.3, 0.4) is 0 Å². The second-order valence-electron chi connectivity index (χ2n) is 8.93. The topological polar surface area (TPSA) is 38.1 Å². The summed E-state index contributed by atoms with van der Waals surface area (Å²) in [6, 6.07) is 21.1. The molecule has 1 aromatic heterocycles. The van der Waals surface area contributed by atoms with Crippen molar-refractivity contribution in [3.05, 3.63) is 101 Å². The number of benzene rings is 3. The molecule has 0 aliphatic heterocycles. The van der Waals surface area contributed by atoms with Crippen LogP contribution in [-0.2, 0) is 13.1 Å². The van der Waals surface area contributed by atoms with E-state index in [2.05, 4.69) is 36.6 Å². The van der Waals surface area contributed by atoms with Crippen LogP contribution in [0.25, 0.3) is 11.0 Å². The van der Waals surface area contributed by atoms with Crippen LogP contribution >= 0.6 is 0 Å². The molecule has 1 amide bonds. The smallest absolute Gasteiger partial charge is 0.254 e. The van der Waals surface area contributed by atoms with Gasteiger partial charge in [0, 0.05) is 18.7 Å². The van der Waals surface area contributed by atoms with Gasteiger partial charge in [-0.3, -0.25) is 4.79 Å². The lowest BCUT2D eigenvalue weighted by molar-refractivity contribution is 0.0733. The van der Waals surface area contributed by atoms with Gasteiger partial charge in [-0.25, -0.2) is 9.37 Å². The number of amides is 1. The van der Waals surface area contributed by atoms with Crippen LogP contribution in [0, 0.1) is 19.7 Å². The van der Waals surface area contributed by atoms with Crippen LogP contribution in [0.4, 0.5) is 4.39 Å². The van der Waals surface area contributed by atoms with Crippen LogP contribution in [0.5, 0.6) is 0 Å². The average Bonchev–Trinajstić information content (AvgIpc) is 3.18. The van der Waals surface area contributed by atoms with Crippen LogP contribution < -0.4 is 0 Å². The number of hydrogen-bond acceptors (Lipinski definition) is 2. The quantitative estimate of drug-likeness (QED) is 0.263. The Hall–Kier alpha value is -3.47. The summed E-state index contributed by atoms with van der Waals surface area (Å²) in [5, 5.41) is 0. The zero-order chi connectivity index (χ0) is 24.1. The van der Waals surface area contributed by atoms with E-state index in [9.17, 15) is 9.18 Å². The summed E-state index contributed by atoms with van der Waals surface area (Å²) in [6.07, 6.45) is 2.99. The summed E-state index contributed by atoms with van der Waals surface area (Å²) >= 11 is 0. The molecule has 4 aromatic rings. The molecule has 0 atom stereocenters. The molecule has 34 heavy (non-hydrogen) atoms. The molecule has 0 N–H and O–H groups in total. The Bertz CT molecular complexity index is 1290. The molecular weight excluding hydrogens is 425 g/mol. The van der Waals surface area contributed by atoms with Crippen LogP contribution in [0.2, 0.25) is 0 Å². The van der Waals surface area contributed by atoms with Gasteiger partial charge in [-0.1, -0.05) is 62.2 Å². The molecule has 5 heteroatoms. The molecule has 3 aromatic carbocycles. The average molecular weight is 458 g/mol. The lowest BCUT2D eigenvalue weighted by atomic mass is 10.1. The second-order valence-corrected chi connectivity index (χ2v) is 8.93. The molecule has 4 nitrogen and oxygen atoms in total. The zero-order valence-electron chi connectivity index (χ0n) is 20.2. The van der Waals surface area contributed by atoms with Crippen molar-refractivity contribution in [2.24, 2.45) is 0 Å². The Labute approximate surface area is 201 Å². The highest BCUT2D eigenvalue weighted by atomic mass is 19.1. The predicted octanol–water partition coefficient (Wildman–Crippen LogP) is 6.67. The number of fused-ring (bicyclic) bond motifs is 1. The van der Waals surface area contributed by atoms with Crippen molar-refractivity contribution in [1.29, 1.82) is 0 Å². The second kappa shape index (κ2) is 10.6. The van der Waals surface area contributed by atoms with E-state index in [-0.39, 0.29) is 11.7 Å². The van der Waals surface area contributed by atoms with E-state index in [1.807, 2.05) is 35.2 Å². The fourth-order valence-electron chi connectivity index (χ4n) is 4.26. The van der Waals surface area contributed by atoms with E-state index in [0.717, 1.165) is 36.1 Å². The number of rotatable bonds is 9. The fraction of sp³-hybridized carbons (Fsp3) is 0.310. The summed E-state index contributed by atoms with van der Waals surface area (Å²) < 4.78 is 16.4. The maximum atomic E-state index is 14.2. The first kappa shape index (κ1) is 23.7. The van der Waals surface area contributed by atoms with E-state index in [0.29, 0.717) is 30.8 Å². The van der Waals surface area contributed by atoms with Gasteiger partial charge in [0.2, 0.25) is 0 Å². The highest BCUT2D eigenvalue weighted by Crippen LogP contribution is 2.22. The molecule has 0 aliphatic rings. The van der Waals surface area contributed by atoms with Gasteiger partial charge in [0.1, 0.15) is 11.6 Å². The summed E-state index contributed by atoms with van der Waals surface area (Å²) in [6.45, 7) is 7.62. The van der Waals surface area contributed by atoms with Gasteiger partial charge >= 0.3 is 0 Å². The first-order valence-corrected chi connectivity index (χ1v) is 12.0. The first-order valence-electron chi connectivity index (χ1n) is 12.0. The first-order chi connectivity index (χ1) is 16.5. The van der Waals surface area contributed by atoms with E-state index in [1.54, 1.807) is 19.1 Å². The zero-order valence-corrected chi connectivity index (χ0v) is 20.2. The highest BCUT2D eigenvalue weighted by molar-refractivity contribution is 5.94. The van der Waals surface area contributed by atoms with Crippen LogP contribution in [0.1, 0.15) is 59.1 Å². The van der Waals surface area contributed by atoms with Gasteiger partial charge in [0.05, 0.1) is 17.6 Å². The summed E-state index contributed by atoms with van der Waals surface area (Å²) in [5.74, 6) is 0.317. The Morgan fingerprint density at radius 2 is 1.74 bits per heavy atom. The number of unbranched alkanes of at least 4 members (excludes halogenated alkanes) is 2. The maximum Gasteiger partial charge on any atom is 0.254 e. The SMILES string of the molecule is CCCCCN(Cc1nc2ccccc2n1Cc1ccccc1C)C(=O)c1ccc(C)c(F)c1. The third-order valence-corrected chi connectivity index (χ3v) is 6.39. The molecule has 0 saturated heterocycles. The van der Waals surface area contributed by atoms with Crippen molar-refractivity contribution in [1.82, 2.24) is 14.5 Å². The third-order valence-electron chi connectivity index (χ3n) is 6.39. The van der Waals surface area contributed by atoms with Crippen molar-refractivity contribution in [2.45, 2.75) is 53.1 Å². The fourth-order valence-corrected chi connectivity index (χ4v) is 4.26. The minimum atomic E-state index is -0.355. The summed E-state index contributed by atoms with van der Waals surface area (Å²) in [7, 11) is 0. The number of carbonyl (C=O) groups excluding carboxylic acids is 1. The Kier molecular flexibility index (Phi) is 7.41. The van der Waals surface area contributed by atoms with Crippen LogP contribution in [-0.4, -0.2) is 26.9 Å². The summed E-state index contributed by atoms with van der Waals surface area (Å²) in [4.78, 5) is 20.2. The van der Waals surface area contributed by atoms with Gasteiger partial charge in [0.25, 0.3) is 5.91 Å². The molecule has 1 heterocycles. The number of hydrogen-bond donors (Lipinski definition) is 0. The van der Waals surface area contributed by atoms with Gasteiger partial charge in [0.15, 0.2) is 0 Å². The number of aromatic nitrogens is 2. The number of imidazole rings is 1.